The molecule has 1 aliphatic heterocycles. The van der Waals surface area contributed by atoms with Crippen molar-refractivity contribution >= 4 is 23.2 Å². The SMILES string of the molecule is COCCCNC(=NCc1ccc(N2CCCC2=O)cc1)Nc1ccc(OC(C)C)cc1. The molecule has 2 aromatic rings. The zero-order valence-corrected chi connectivity index (χ0v) is 19.3. The summed E-state index contributed by atoms with van der Waals surface area (Å²) in [6, 6.07) is 15.9. The van der Waals surface area contributed by atoms with Crippen molar-refractivity contribution in [3.63, 3.8) is 0 Å². The van der Waals surface area contributed by atoms with E-state index in [2.05, 4.69) is 10.6 Å². The van der Waals surface area contributed by atoms with Gasteiger partial charge in [0.05, 0.1) is 12.6 Å². The summed E-state index contributed by atoms with van der Waals surface area (Å²) in [6.07, 6.45) is 2.60. The van der Waals surface area contributed by atoms with Gasteiger partial charge in [0.2, 0.25) is 5.91 Å². The first-order valence-electron chi connectivity index (χ1n) is 11.3. The van der Waals surface area contributed by atoms with Crippen LogP contribution in [0.4, 0.5) is 11.4 Å². The Bertz CT molecular complexity index is 879. The van der Waals surface area contributed by atoms with Crippen LogP contribution in [0.5, 0.6) is 5.75 Å². The van der Waals surface area contributed by atoms with Crippen LogP contribution in [0.2, 0.25) is 0 Å². The van der Waals surface area contributed by atoms with E-state index in [9.17, 15) is 4.79 Å². The second-order valence-electron chi connectivity index (χ2n) is 8.07. The van der Waals surface area contributed by atoms with Gasteiger partial charge in [-0.1, -0.05) is 12.1 Å². The normalized spacial score (nSPS) is 14.2. The van der Waals surface area contributed by atoms with Gasteiger partial charge in [0.1, 0.15) is 5.75 Å². The third-order valence-electron chi connectivity index (χ3n) is 5.05. The second-order valence-corrected chi connectivity index (χ2v) is 8.07. The average molecular weight is 439 g/mol. The maximum absolute atomic E-state index is 11.9. The number of nitrogens with one attached hydrogen (secondary N) is 2. The Kier molecular flexibility index (Phi) is 8.92. The minimum atomic E-state index is 0.142. The van der Waals surface area contributed by atoms with E-state index in [-0.39, 0.29) is 12.0 Å². The number of benzene rings is 2. The molecule has 0 unspecified atom stereocenters. The number of anilines is 2. The van der Waals surface area contributed by atoms with Crippen molar-refractivity contribution in [3.05, 3.63) is 54.1 Å². The number of guanidine groups is 1. The molecule has 1 saturated heterocycles. The predicted molar refractivity (Wildman–Crippen MR) is 129 cm³/mol. The van der Waals surface area contributed by atoms with Gasteiger partial charge >= 0.3 is 0 Å². The minimum Gasteiger partial charge on any atom is -0.491 e. The fraction of sp³-hybridized carbons (Fsp3) is 0.440. The summed E-state index contributed by atoms with van der Waals surface area (Å²) >= 11 is 0. The van der Waals surface area contributed by atoms with E-state index in [0.717, 1.165) is 48.6 Å². The van der Waals surface area contributed by atoms with Crippen LogP contribution in [0.3, 0.4) is 0 Å². The molecule has 1 amide bonds. The van der Waals surface area contributed by atoms with Crippen molar-refractivity contribution in [2.45, 2.75) is 45.8 Å². The van der Waals surface area contributed by atoms with Crippen LogP contribution in [-0.2, 0) is 16.1 Å². The van der Waals surface area contributed by atoms with Crippen molar-refractivity contribution in [1.82, 2.24) is 5.32 Å². The van der Waals surface area contributed by atoms with Crippen molar-refractivity contribution in [3.8, 4) is 5.75 Å². The van der Waals surface area contributed by atoms with Gasteiger partial charge in [-0.2, -0.15) is 0 Å². The molecule has 0 aliphatic carbocycles. The molecule has 1 aliphatic rings. The van der Waals surface area contributed by atoms with E-state index in [4.69, 9.17) is 14.5 Å². The van der Waals surface area contributed by atoms with Crippen LogP contribution in [0.15, 0.2) is 53.5 Å². The highest BCUT2D eigenvalue weighted by Gasteiger charge is 2.21. The first-order valence-corrected chi connectivity index (χ1v) is 11.3. The number of amides is 1. The summed E-state index contributed by atoms with van der Waals surface area (Å²) in [5.41, 5.74) is 2.97. The molecule has 32 heavy (non-hydrogen) atoms. The fourth-order valence-electron chi connectivity index (χ4n) is 3.46. The minimum absolute atomic E-state index is 0.142. The molecule has 0 bridgehead atoms. The molecular weight excluding hydrogens is 404 g/mol. The highest BCUT2D eigenvalue weighted by atomic mass is 16.5. The summed E-state index contributed by atoms with van der Waals surface area (Å²) in [6.45, 7) is 6.80. The molecule has 3 rings (SSSR count). The van der Waals surface area contributed by atoms with Gasteiger partial charge in [-0.15, -0.1) is 0 Å². The summed E-state index contributed by atoms with van der Waals surface area (Å²) < 4.78 is 10.8. The molecular formula is C25H34N4O3. The maximum atomic E-state index is 11.9. The van der Waals surface area contributed by atoms with Crippen LogP contribution >= 0.6 is 0 Å². The maximum Gasteiger partial charge on any atom is 0.227 e. The van der Waals surface area contributed by atoms with Crippen molar-refractivity contribution in [2.75, 3.05) is 37.0 Å². The molecule has 2 N–H and O–H groups in total. The van der Waals surface area contributed by atoms with E-state index >= 15 is 0 Å². The van der Waals surface area contributed by atoms with E-state index in [1.807, 2.05) is 67.3 Å². The zero-order valence-electron chi connectivity index (χ0n) is 19.3. The predicted octanol–water partition coefficient (Wildman–Crippen LogP) is 4.19. The number of rotatable bonds is 10. The molecule has 1 fully saturated rings. The molecule has 0 atom stereocenters. The quantitative estimate of drug-likeness (QED) is 0.330. The summed E-state index contributed by atoms with van der Waals surface area (Å²) in [7, 11) is 1.70. The summed E-state index contributed by atoms with van der Waals surface area (Å²) in [5.74, 6) is 1.75. The lowest BCUT2D eigenvalue weighted by Crippen LogP contribution is -2.32. The lowest BCUT2D eigenvalue weighted by atomic mass is 10.2. The van der Waals surface area contributed by atoms with Crippen molar-refractivity contribution in [1.29, 1.82) is 0 Å². The smallest absolute Gasteiger partial charge is 0.227 e. The van der Waals surface area contributed by atoms with Crippen LogP contribution in [0, 0.1) is 0 Å². The summed E-state index contributed by atoms with van der Waals surface area (Å²) in [4.78, 5) is 18.5. The number of hydrogen-bond donors (Lipinski definition) is 2. The number of methoxy groups -OCH3 is 1. The Labute approximate surface area is 190 Å². The molecule has 2 aromatic carbocycles. The topological polar surface area (TPSA) is 75.2 Å². The van der Waals surface area contributed by atoms with E-state index in [0.29, 0.717) is 25.5 Å². The molecule has 7 heteroatoms. The van der Waals surface area contributed by atoms with Crippen LogP contribution in [0.1, 0.15) is 38.7 Å². The standard InChI is InChI=1S/C25H34N4O3/c1-19(2)32-23-13-9-21(10-14-23)28-25(26-15-5-17-31-3)27-18-20-7-11-22(12-8-20)29-16-4-6-24(29)30/h7-14,19H,4-6,15-18H2,1-3H3,(H2,26,27,28). The Morgan fingerprint density at radius 1 is 1.12 bits per heavy atom. The summed E-state index contributed by atoms with van der Waals surface area (Å²) in [5, 5.41) is 6.72. The van der Waals surface area contributed by atoms with Crippen LogP contribution in [-0.4, -0.2) is 44.8 Å². The van der Waals surface area contributed by atoms with Gasteiger partial charge in [0.25, 0.3) is 0 Å². The molecule has 0 radical (unpaired) electrons. The fourth-order valence-corrected chi connectivity index (χ4v) is 3.46. The lowest BCUT2D eigenvalue weighted by Gasteiger charge is -2.16. The van der Waals surface area contributed by atoms with Crippen LogP contribution < -0.4 is 20.3 Å². The van der Waals surface area contributed by atoms with Gasteiger partial charge < -0.3 is 25.0 Å². The number of nitrogens with zero attached hydrogens (tertiary/aromatic N) is 2. The Hall–Kier alpha value is -3.06. The molecule has 0 aromatic heterocycles. The number of carbonyl (C=O) groups excluding carboxylic acids is 1. The third kappa shape index (κ3) is 7.27. The van der Waals surface area contributed by atoms with Gasteiger partial charge in [-0.25, -0.2) is 4.99 Å². The molecule has 172 valence electrons. The van der Waals surface area contributed by atoms with Gasteiger partial charge in [-0.05, 0) is 68.7 Å². The highest BCUT2D eigenvalue weighted by molar-refractivity contribution is 5.95. The highest BCUT2D eigenvalue weighted by Crippen LogP contribution is 2.22. The second kappa shape index (κ2) is 12.1. The third-order valence-corrected chi connectivity index (χ3v) is 5.05. The molecule has 1 heterocycles. The lowest BCUT2D eigenvalue weighted by molar-refractivity contribution is -0.117. The van der Waals surface area contributed by atoms with Gasteiger partial charge in [0.15, 0.2) is 5.96 Å². The van der Waals surface area contributed by atoms with Crippen LogP contribution in [0.25, 0.3) is 0 Å². The van der Waals surface area contributed by atoms with E-state index in [1.54, 1.807) is 7.11 Å². The largest absolute Gasteiger partial charge is 0.491 e. The monoisotopic (exact) mass is 438 g/mol. The van der Waals surface area contributed by atoms with Crippen molar-refractivity contribution < 1.29 is 14.3 Å². The van der Waals surface area contributed by atoms with E-state index < -0.39 is 0 Å². The Morgan fingerprint density at radius 2 is 1.88 bits per heavy atom. The molecule has 7 nitrogen and oxygen atoms in total. The first kappa shape index (κ1) is 23.6. The van der Waals surface area contributed by atoms with Gasteiger partial charge in [0, 0.05) is 44.6 Å². The number of ether oxygens (including phenoxy) is 2. The number of aliphatic imine (C=N–C) groups is 1. The Balaban J connectivity index is 1.63. The van der Waals surface area contributed by atoms with Gasteiger partial charge in [-0.3, -0.25) is 4.79 Å². The van der Waals surface area contributed by atoms with E-state index in [1.165, 1.54) is 0 Å². The zero-order chi connectivity index (χ0) is 22.8. The Morgan fingerprint density at radius 3 is 2.50 bits per heavy atom. The van der Waals surface area contributed by atoms with Crippen molar-refractivity contribution in [2.24, 2.45) is 4.99 Å². The molecule has 0 saturated carbocycles. The number of carbonyl (C=O) groups is 1. The average Bonchev–Trinajstić information content (AvgIpc) is 3.22. The first-order chi connectivity index (χ1) is 15.5. The number of hydrogen-bond acceptors (Lipinski definition) is 4. The molecule has 0 spiro atoms.